The number of benzene rings is 2. The molecule has 5 heteroatoms. The van der Waals surface area contributed by atoms with Gasteiger partial charge in [0.15, 0.2) is 0 Å². The summed E-state index contributed by atoms with van der Waals surface area (Å²) in [5.74, 6) is 0. The van der Waals surface area contributed by atoms with E-state index in [0.29, 0.717) is 12.1 Å². The number of carbonyl (C=O) groups is 1. The van der Waals surface area contributed by atoms with Crippen LogP contribution < -0.4 is 10.9 Å². The lowest BCUT2D eigenvalue weighted by Crippen LogP contribution is -2.45. The molecule has 31 heavy (non-hydrogen) atoms. The van der Waals surface area contributed by atoms with Crippen molar-refractivity contribution in [3.63, 3.8) is 0 Å². The van der Waals surface area contributed by atoms with Crippen molar-refractivity contribution in [2.45, 2.75) is 65.1 Å². The molecule has 2 aromatic carbocycles. The molecule has 162 valence electrons. The molecule has 3 aromatic rings. The summed E-state index contributed by atoms with van der Waals surface area (Å²) in [5, 5.41) is 4.20. The Morgan fingerprint density at radius 1 is 1.00 bits per heavy atom. The van der Waals surface area contributed by atoms with Crippen LogP contribution in [0.4, 0.5) is 4.79 Å². The number of pyridine rings is 1. The quantitative estimate of drug-likeness (QED) is 0.600. The molecule has 0 bridgehead atoms. The minimum absolute atomic E-state index is 0.102. The SMILES string of the molecule is Cc1cc2cc(CN(Cc3ccccc3)C(=O)NC3CCCCC3)c(=O)[nH]c2cc1C. The lowest BCUT2D eigenvalue weighted by Gasteiger charge is -2.28. The zero-order valence-electron chi connectivity index (χ0n) is 18.4. The Hall–Kier alpha value is -3.08. The van der Waals surface area contributed by atoms with Gasteiger partial charge in [-0.3, -0.25) is 4.79 Å². The van der Waals surface area contributed by atoms with Gasteiger partial charge in [-0.15, -0.1) is 0 Å². The van der Waals surface area contributed by atoms with Crippen molar-refractivity contribution in [1.29, 1.82) is 0 Å². The Morgan fingerprint density at radius 3 is 2.45 bits per heavy atom. The Bertz CT molecular complexity index is 1110. The van der Waals surface area contributed by atoms with Crippen molar-refractivity contribution < 1.29 is 4.79 Å². The van der Waals surface area contributed by atoms with E-state index in [4.69, 9.17) is 0 Å². The minimum Gasteiger partial charge on any atom is -0.335 e. The number of H-pyrrole nitrogens is 1. The molecule has 1 aliphatic carbocycles. The molecule has 1 aliphatic rings. The van der Waals surface area contributed by atoms with Gasteiger partial charge in [-0.2, -0.15) is 0 Å². The second kappa shape index (κ2) is 9.38. The number of fused-ring (bicyclic) bond motifs is 1. The largest absolute Gasteiger partial charge is 0.335 e. The first kappa shape index (κ1) is 21.2. The number of rotatable bonds is 5. The van der Waals surface area contributed by atoms with Gasteiger partial charge in [0, 0.05) is 23.7 Å². The highest BCUT2D eigenvalue weighted by molar-refractivity contribution is 5.81. The lowest BCUT2D eigenvalue weighted by atomic mass is 9.96. The number of hydrogen-bond donors (Lipinski definition) is 2. The van der Waals surface area contributed by atoms with Crippen molar-refractivity contribution in [1.82, 2.24) is 15.2 Å². The summed E-state index contributed by atoms with van der Waals surface area (Å²) in [6.45, 7) is 4.84. The van der Waals surface area contributed by atoms with Crippen LogP contribution in [0.15, 0.2) is 53.3 Å². The standard InChI is InChI=1S/C26H31N3O2/c1-18-13-21-15-22(25(30)28-24(21)14-19(18)2)17-29(16-20-9-5-3-6-10-20)26(31)27-23-11-7-4-8-12-23/h3,5-6,9-10,13-15,23H,4,7-8,11-12,16-17H2,1-2H3,(H,27,31)(H,28,30). The molecule has 1 saturated carbocycles. The number of hydrogen-bond acceptors (Lipinski definition) is 2. The maximum absolute atomic E-state index is 13.2. The third kappa shape index (κ3) is 5.16. The average Bonchev–Trinajstić information content (AvgIpc) is 2.76. The third-order valence-electron chi connectivity index (χ3n) is 6.33. The first-order valence-corrected chi connectivity index (χ1v) is 11.2. The van der Waals surface area contributed by atoms with Gasteiger partial charge < -0.3 is 15.2 Å². The van der Waals surface area contributed by atoms with Crippen molar-refractivity contribution >= 4 is 16.9 Å². The monoisotopic (exact) mass is 417 g/mol. The molecule has 0 radical (unpaired) electrons. The topological polar surface area (TPSA) is 65.2 Å². The van der Waals surface area contributed by atoms with Crippen LogP contribution >= 0.6 is 0 Å². The zero-order chi connectivity index (χ0) is 21.8. The van der Waals surface area contributed by atoms with Gasteiger partial charge in [-0.05, 0) is 67.0 Å². The van der Waals surface area contributed by atoms with E-state index in [1.54, 1.807) is 4.90 Å². The molecule has 0 aliphatic heterocycles. The number of aromatic nitrogens is 1. The first-order valence-electron chi connectivity index (χ1n) is 11.2. The van der Waals surface area contributed by atoms with Crippen LogP contribution in [0, 0.1) is 13.8 Å². The first-order chi connectivity index (χ1) is 15.0. The molecule has 0 saturated heterocycles. The predicted octanol–water partition coefficient (Wildman–Crippen LogP) is 5.19. The molecular formula is C26H31N3O2. The highest BCUT2D eigenvalue weighted by atomic mass is 16.2. The minimum atomic E-state index is -0.140. The number of aryl methyl sites for hydroxylation is 2. The average molecular weight is 418 g/mol. The summed E-state index contributed by atoms with van der Waals surface area (Å²) in [5.41, 5.74) is 4.67. The smallest absolute Gasteiger partial charge is 0.318 e. The van der Waals surface area contributed by atoms with Crippen LogP contribution in [0.1, 0.15) is 54.4 Å². The highest BCUT2D eigenvalue weighted by Gasteiger charge is 2.21. The maximum atomic E-state index is 13.2. The Labute approximate surface area is 183 Å². The summed E-state index contributed by atoms with van der Waals surface area (Å²) < 4.78 is 0. The molecule has 1 heterocycles. The fraction of sp³-hybridized carbons (Fsp3) is 0.385. The summed E-state index contributed by atoms with van der Waals surface area (Å²) >= 11 is 0. The molecule has 0 unspecified atom stereocenters. The molecule has 5 nitrogen and oxygen atoms in total. The van der Waals surface area contributed by atoms with Gasteiger partial charge in [-0.1, -0.05) is 49.6 Å². The van der Waals surface area contributed by atoms with Crippen molar-refractivity contribution in [3.8, 4) is 0 Å². The van der Waals surface area contributed by atoms with Gasteiger partial charge in [0.1, 0.15) is 0 Å². The highest BCUT2D eigenvalue weighted by Crippen LogP contribution is 2.20. The predicted molar refractivity (Wildman–Crippen MR) is 125 cm³/mol. The van der Waals surface area contributed by atoms with E-state index in [1.807, 2.05) is 49.4 Å². The van der Waals surface area contributed by atoms with Gasteiger partial charge in [0.05, 0.1) is 6.54 Å². The lowest BCUT2D eigenvalue weighted by molar-refractivity contribution is 0.184. The van der Waals surface area contributed by atoms with Gasteiger partial charge in [0.2, 0.25) is 0 Å². The van der Waals surface area contributed by atoms with E-state index >= 15 is 0 Å². The van der Waals surface area contributed by atoms with Crippen LogP contribution in [0.3, 0.4) is 0 Å². The van der Waals surface area contributed by atoms with Gasteiger partial charge in [-0.25, -0.2) is 4.79 Å². The Morgan fingerprint density at radius 2 is 1.71 bits per heavy atom. The number of aromatic amines is 1. The summed E-state index contributed by atoms with van der Waals surface area (Å²) in [6, 6.07) is 16.1. The van der Waals surface area contributed by atoms with Crippen molar-refractivity contribution in [2.24, 2.45) is 0 Å². The van der Waals surface area contributed by atoms with E-state index in [1.165, 1.54) is 12.0 Å². The summed E-state index contributed by atoms with van der Waals surface area (Å²) in [6.07, 6.45) is 5.62. The molecule has 0 spiro atoms. The second-order valence-electron chi connectivity index (χ2n) is 8.77. The number of amides is 2. The number of carbonyl (C=O) groups excluding carboxylic acids is 1. The normalized spacial score (nSPS) is 14.5. The molecule has 0 atom stereocenters. The fourth-order valence-electron chi connectivity index (χ4n) is 4.36. The number of nitrogens with one attached hydrogen (secondary N) is 2. The van der Waals surface area contributed by atoms with Crippen LogP contribution in [0.25, 0.3) is 10.9 Å². The second-order valence-corrected chi connectivity index (χ2v) is 8.77. The molecule has 1 fully saturated rings. The van der Waals surface area contributed by atoms with Gasteiger partial charge in [0.25, 0.3) is 5.56 Å². The number of nitrogens with zero attached hydrogens (tertiary/aromatic N) is 1. The summed E-state index contributed by atoms with van der Waals surface area (Å²) in [4.78, 5) is 30.8. The van der Waals surface area contributed by atoms with E-state index in [9.17, 15) is 9.59 Å². The molecule has 2 amide bonds. The van der Waals surface area contributed by atoms with Crippen LogP contribution in [0.2, 0.25) is 0 Å². The van der Waals surface area contributed by atoms with Gasteiger partial charge >= 0.3 is 6.03 Å². The van der Waals surface area contributed by atoms with Crippen molar-refractivity contribution in [3.05, 3.63) is 81.1 Å². The van der Waals surface area contributed by atoms with E-state index in [2.05, 4.69) is 23.3 Å². The van der Waals surface area contributed by atoms with E-state index in [0.717, 1.165) is 47.7 Å². The van der Waals surface area contributed by atoms with Crippen LogP contribution in [0.5, 0.6) is 0 Å². The third-order valence-corrected chi connectivity index (χ3v) is 6.33. The van der Waals surface area contributed by atoms with E-state index in [-0.39, 0.29) is 24.2 Å². The Balaban J connectivity index is 1.61. The number of urea groups is 1. The molecule has 2 N–H and O–H groups in total. The fourth-order valence-corrected chi connectivity index (χ4v) is 4.36. The van der Waals surface area contributed by atoms with E-state index < -0.39 is 0 Å². The van der Waals surface area contributed by atoms with Crippen molar-refractivity contribution in [2.75, 3.05) is 0 Å². The maximum Gasteiger partial charge on any atom is 0.318 e. The Kier molecular flexibility index (Phi) is 6.40. The summed E-state index contributed by atoms with van der Waals surface area (Å²) in [7, 11) is 0. The van der Waals surface area contributed by atoms with Crippen LogP contribution in [-0.2, 0) is 13.1 Å². The van der Waals surface area contributed by atoms with Crippen LogP contribution in [-0.4, -0.2) is 22.0 Å². The molecular weight excluding hydrogens is 386 g/mol. The molecule has 1 aromatic heterocycles. The zero-order valence-corrected chi connectivity index (χ0v) is 18.4. The molecule has 4 rings (SSSR count).